The molecule has 1 aliphatic rings. The van der Waals surface area contributed by atoms with Gasteiger partial charge < -0.3 is 10.5 Å². The minimum atomic E-state index is 0.222. The van der Waals surface area contributed by atoms with Crippen molar-refractivity contribution in [1.29, 1.82) is 5.41 Å². The summed E-state index contributed by atoms with van der Waals surface area (Å²) in [4.78, 5) is 0. The van der Waals surface area contributed by atoms with E-state index in [0.717, 1.165) is 0 Å². The fourth-order valence-electron chi connectivity index (χ4n) is 0.415. The number of hydrogen-bond acceptors (Lipinski definition) is 2. The van der Waals surface area contributed by atoms with Gasteiger partial charge in [0.1, 0.15) is 0 Å². The first kappa shape index (κ1) is 4.59. The summed E-state index contributed by atoms with van der Waals surface area (Å²) in [6.45, 7) is 1.30. The molecule has 1 heterocycles. The van der Waals surface area contributed by atoms with E-state index in [-0.39, 0.29) is 11.8 Å². The van der Waals surface area contributed by atoms with Gasteiger partial charge in [0.25, 0.3) is 0 Å². The molecule has 0 aromatic rings. The first-order chi connectivity index (χ1) is 3.30. The maximum Gasteiger partial charge on any atom is 0.0983 e. The third-order valence-corrected chi connectivity index (χ3v) is 1.08. The van der Waals surface area contributed by atoms with Crippen LogP contribution in [0, 0.1) is 11.3 Å². The second kappa shape index (κ2) is 1.50. The number of nitrogens with one attached hydrogen (secondary N) is 1. The summed E-state index contributed by atoms with van der Waals surface area (Å²) in [5.74, 6) is 0.478. The molecule has 0 saturated carbocycles. The van der Waals surface area contributed by atoms with Gasteiger partial charge in [0.2, 0.25) is 0 Å². The van der Waals surface area contributed by atoms with Gasteiger partial charge in [-0.15, -0.1) is 0 Å². The van der Waals surface area contributed by atoms with E-state index in [1.165, 1.54) is 0 Å². The lowest BCUT2D eigenvalue weighted by molar-refractivity contribution is 0.00101. The van der Waals surface area contributed by atoms with Gasteiger partial charge in [0.05, 0.1) is 25.0 Å². The average molecular weight is 100 g/mol. The van der Waals surface area contributed by atoms with Crippen LogP contribution in [0.15, 0.2) is 0 Å². The number of rotatable bonds is 1. The number of nitrogens with two attached hydrogens (primary N) is 1. The Morgan fingerprint density at radius 2 is 2.29 bits per heavy atom. The molecule has 0 aromatic heterocycles. The molecule has 0 aliphatic carbocycles. The van der Waals surface area contributed by atoms with Gasteiger partial charge in [-0.25, -0.2) is 0 Å². The Hall–Kier alpha value is -0.570. The molecule has 1 saturated heterocycles. The van der Waals surface area contributed by atoms with Crippen LogP contribution < -0.4 is 5.73 Å². The topological polar surface area (TPSA) is 59.1 Å². The lowest BCUT2D eigenvalue weighted by Crippen LogP contribution is -2.38. The van der Waals surface area contributed by atoms with E-state index in [4.69, 9.17) is 15.9 Å². The highest BCUT2D eigenvalue weighted by Crippen LogP contribution is 2.07. The maximum absolute atomic E-state index is 6.85. The zero-order valence-electron chi connectivity index (χ0n) is 3.98. The zero-order valence-corrected chi connectivity index (χ0v) is 3.98. The molecule has 3 heteroatoms. The molecule has 40 valence electrons. The minimum absolute atomic E-state index is 0.222. The van der Waals surface area contributed by atoms with E-state index in [1.54, 1.807) is 0 Å². The van der Waals surface area contributed by atoms with E-state index < -0.39 is 0 Å². The third kappa shape index (κ3) is 0.718. The summed E-state index contributed by atoms with van der Waals surface area (Å²) >= 11 is 0. The lowest BCUT2D eigenvalue weighted by Gasteiger charge is -2.23. The van der Waals surface area contributed by atoms with Crippen LogP contribution in [0.1, 0.15) is 0 Å². The van der Waals surface area contributed by atoms with Crippen LogP contribution in [0.2, 0.25) is 0 Å². The lowest BCUT2D eigenvalue weighted by atomic mass is 10.1. The van der Waals surface area contributed by atoms with Crippen LogP contribution in [-0.4, -0.2) is 19.0 Å². The third-order valence-electron chi connectivity index (χ3n) is 1.08. The predicted octanol–water partition coefficient (Wildman–Crippen LogP) is -0.431. The highest BCUT2D eigenvalue weighted by molar-refractivity contribution is 5.80. The Kier molecular flexibility index (Phi) is 0.982. The number of hydrogen-bond donors (Lipinski definition) is 2. The molecular weight excluding hydrogens is 92.1 g/mol. The molecule has 0 aromatic carbocycles. The van der Waals surface area contributed by atoms with Gasteiger partial charge in [-0.05, 0) is 0 Å². The Labute approximate surface area is 42.0 Å². The molecule has 1 fully saturated rings. The summed E-state index contributed by atoms with van der Waals surface area (Å²) < 4.78 is 4.78. The first-order valence-electron chi connectivity index (χ1n) is 2.22. The highest BCUT2D eigenvalue weighted by atomic mass is 16.5. The summed E-state index contributed by atoms with van der Waals surface area (Å²) in [5, 5.41) is 6.85. The standard InChI is InChI=1S/C4H8N2O/c5-4(6)3-1-7-2-3/h3H,1-2H2,(H3,5,6). The van der Waals surface area contributed by atoms with Crippen molar-refractivity contribution in [2.75, 3.05) is 13.2 Å². The largest absolute Gasteiger partial charge is 0.387 e. The predicted molar refractivity (Wildman–Crippen MR) is 26.2 cm³/mol. The van der Waals surface area contributed by atoms with Gasteiger partial charge in [0.15, 0.2) is 0 Å². The van der Waals surface area contributed by atoms with Crippen molar-refractivity contribution in [3.63, 3.8) is 0 Å². The van der Waals surface area contributed by atoms with Crippen LogP contribution in [-0.2, 0) is 4.74 Å². The van der Waals surface area contributed by atoms with Crippen LogP contribution in [0.5, 0.6) is 0 Å². The molecule has 0 radical (unpaired) electrons. The second-order valence-corrected chi connectivity index (χ2v) is 1.69. The fraction of sp³-hybridized carbons (Fsp3) is 0.750. The molecule has 3 nitrogen and oxygen atoms in total. The maximum atomic E-state index is 6.85. The molecule has 0 unspecified atom stereocenters. The average Bonchev–Trinajstić information content (AvgIpc) is 1.23. The first-order valence-corrected chi connectivity index (χ1v) is 2.22. The monoisotopic (exact) mass is 100 g/mol. The molecule has 0 spiro atoms. The molecule has 3 N–H and O–H groups in total. The Bertz CT molecular complexity index is 87.7. The number of ether oxygens (including phenoxy) is 1. The van der Waals surface area contributed by atoms with Crippen molar-refractivity contribution in [1.82, 2.24) is 0 Å². The molecule has 0 atom stereocenters. The zero-order chi connectivity index (χ0) is 5.28. The minimum Gasteiger partial charge on any atom is -0.387 e. The van der Waals surface area contributed by atoms with E-state index in [2.05, 4.69) is 0 Å². The van der Waals surface area contributed by atoms with Crippen LogP contribution >= 0.6 is 0 Å². The summed E-state index contributed by atoms with van der Waals surface area (Å²) in [6, 6.07) is 0. The molecule has 7 heavy (non-hydrogen) atoms. The van der Waals surface area contributed by atoms with Crippen LogP contribution in [0.4, 0.5) is 0 Å². The Balaban J connectivity index is 2.27. The van der Waals surface area contributed by atoms with Crippen molar-refractivity contribution in [2.45, 2.75) is 0 Å². The van der Waals surface area contributed by atoms with Crippen molar-refractivity contribution in [3.05, 3.63) is 0 Å². The summed E-state index contributed by atoms with van der Waals surface area (Å²) in [7, 11) is 0. The quantitative estimate of drug-likeness (QED) is 0.347. The fourth-order valence-corrected chi connectivity index (χ4v) is 0.415. The molecule has 1 aliphatic heterocycles. The van der Waals surface area contributed by atoms with E-state index >= 15 is 0 Å². The Morgan fingerprint density at radius 1 is 1.71 bits per heavy atom. The van der Waals surface area contributed by atoms with Crippen molar-refractivity contribution < 1.29 is 4.74 Å². The van der Waals surface area contributed by atoms with E-state index in [0.29, 0.717) is 13.2 Å². The molecule has 0 bridgehead atoms. The van der Waals surface area contributed by atoms with Crippen LogP contribution in [0.25, 0.3) is 0 Å². The van der Waals surface area contributed by atoms with Crippen molar-refractivity contribution in [2.24, 2.45) is 11.7 Å². The highest BCUT2D eigenvalue weighted by Gasteiger charge is 2.20. The van der Waals surface area contributed by atoms with Gasteiger partial charge in [0, 0.05) is 0 Å². The number of amidine groups is 1. The molecule has 1 rings (SSSR count). The van der Waals surface area contributed by atoms with Gasteiger partial charge in [-0.1, -0.05) is 0 Å². The van der Waals surface area contributed by atoms with Crippen LogP contribution in [0.3, 0.4) is 0 Å². The van der Waals surface area contributed by atoms with E-state index in [9.17, 15) is 0 Å². The van der Waals surface area contributed by atoms with Crippen molar-refractivity contribution >= 4 is 5.84 Å². The molecular formula is C4H8N2O. The SMILES string of the molecule is N=C(N)C1COC1. The Morgan fingerprint density at radius 3 is 2.29 bits per heavy atom. The normalized spacial score (nSPS) is 21.1. The van der Waals surface area contributed by atoms with Gasteiger partial charge in [-0.2, -0.15) is 0 Å². The van der Waals surface area contributed by atoms with Gasteiger partial charge >= 0.3 is 0 Å². The van der Waals surface area contributed by atoms with Crippen molar-refractivity contribution in [3.8, 4) is 0 Å². The summed E-state index contributed by atoms with van der Waals surface area (Å²) in [6.07, 6.45) is 0. The smallest absolute Gasteiger partial charge is 0.0983 e. The van der Waals surface area contributed by atoms with Gasteiger partial charge in [-0.3, -0.25) is 5.41 Å². The summed E-state index contributed by atoms with van der Waals surface area (Å²) in [5.41, 5.74) is 5.10. The molecule has 0 amide bonds. The second-order valence-electron chi connectivity index (χ2n) is 1.69. The van der Waals surface area contributed by atoms with E-state index in [1.807, 2.05) is 0 Å².